The predicted octanol–water partition coefficient (Wildman–Crippen LogP) is 1.84. The van der Waals surface area contributed by atoms with Crippen molar-refractivity contribution in [2.75, 3.05) is 13.2 Å². The fourth-order valence-electron chi connectivity index (χ4n) is 2.41. The maximum Gasteiger partial charge on any atom is 0.119 e. The molecule has 5 atom stereocenters. The lowest BCUT2D eigenvalue weighted by Gasteiger charge is -2.40. The van der Waals surface area contributed by atoms with Crippen molar-refractivity contribution in [1.82, 2.24) is 0 Å². The van der Waals surface area contributed by atoms with Gasteiger partial charge in [0.25, 0.3) is 0 Å². The van der Waals surface area contributed by atoms with Gasteiger partial charge in [0.2, 0.25) is 0 Å². The Morgan fingerprint density at radius 1 is 1.18 bits per heavy atom. The molecule has 0 radical (unpaired) electrons. The molecule has 0 aromatic heterocycles. The minimum atomic E-state index is -3.50. The van der Waals surface area contributed by atoms with Gasteiger partial charge in [-0.15, -0.1) is 0 Å². The first-order chi connectivity index (χ1) is 19.4. The van der Waals surface area contributed by atoms with E-state index >= 15 is 0 Å². The number of aliphatic hydroxyl groups is 4. The first kappa shape index (κ1) is 9.00. The van der Waals surface area contributed by atoms with E-state index in [4.69, 9.17) is 36.9 Å². The van der Waals surface area contributed by atoms with Crippen molar-refractivity contribution in [3.63, 3.8) is 0 Å². The lowest BCUT2D eigenvalue weighted by Crippen LogP contribution is -2.55. The predicted molar refractivity (Wildman–Crippen MR) is 105 cm³/mol. The van der Waals surface area contributed by atoms with Gasteiger partial charge in [-0.1, -0.05) is 35.8 Å². The van der Waals surface area contributed by atoms with Crippen LogP contribution < -0.4 is 4.74 Å². The van der Waals surface area contributed by atoms with Crippen molar-refractivity contribution in [2.24, 2.45) is 0 Å². The quantitative estimate of drug-likeness (QED) is 0.566. The highest BCUT2D eigenvalue weighted by Gasteiger charge is 2.43. The van der Waals surface area contributed by atoms with E-state index in [9.17, 15) is 20.4 Å². The van der Waals surface area contributed by atoms with Crippen LogP contribution in [0.3, 0.4) is 0 Å². The van der Waals surface area contributed by atoms with Crippen LogP contribution in [0, 0.1) is 0 Å². The van der Waals surface area contributed by atoms with Gasteiger partial charge >= 0.3 is 0 Å². The Morgan fingerprint density at radius 2 is 1.93 bits per heavy atom. The van der Waals surface area contributed by atoms with Gasteiger partial charge in [0.15, 0.2) is 0 Å². The SMILES string of the molecule is [2H]c1c([2H])c([C@]2([2H])O[C@H](CO)[C@@H](O)[C@H](O)[C@H]2O)c([2H])c(C([2H])([2H])c2c([2H])c([2H])c(OC([2H])([2H])C([2H])([2H])[2H])c([2H])c2[2H])c1Cl. The maximum absolute atomic E-state index is 10.6. The number of benzene rings is 2. The standard InChI is InChI=1S/C21H25ClO6/c1-2-27-15-6-3-12(4-7-15)9-14-10-13(5-8-16(14)22)21-20(26)19(25)18(24)17(11-23)28-21/h3-8,10,17-21,23-26H,2,9,11H2,1H3/t17-,18-,19+,20-,21+/m1/s1/i1D3,2D2,3D,4D,5D,6D,7D,8D,9D2,10D,21D. The second-order valence-corrected chi connectivity index (χ2v) is 5.98. The van der Waals surface area contributed by atoms with Crippen molar-refractivity contribution >= 4 is 11.6 Å². The molecule has 0 saturated carbocycles. The summed E-state index contributed by atoms with van der Waals surface area (Å²) in [6, 6.07) is -8.20. The first-order valence-electron chi connectivity index (χ1n) is 15.3. The Hall–Kier alpha value is -1.67. The van der Waals surface area contributed by atoms with Gasteiger partial charge in [-0.2, -0.15) is 0 Å². The molecule has 0 aliphatic carbocycles. The Morgan fingerprint density at radius 3 is 2.61 bits per heavy atom. The summed E-state index contributed by atoms with van der Waals surface area (Å²) in [5, 5.41) is 39.6. The molecule has 2 aromatic carbocycles. The van der Waals surface area contributed by atoms with Crippen LogP contribution in [0.1, 0.15) is 50.2 Å². The summed E-state index contributed by atoms with van der Waals surface area (Å²) in [5.41, 5.74) is -3.30. The van der Waals surface area contributed by atoms with Crippen LogP contribution in [-0.4, -0.2) is 58.0 Å². The maximum atomic E-state index is 10.6. The van der Waals surface area contributed by atoms with E-state index in [1.807, 2.05) is 0 Å². The van der Waals surface area contributed by atoms with Crippen molar-refractivity contribution in [3.8, 4) is 5.75 Å². The summed E-state index contributed by atoms with van der Waals surface area (Å²) in [6.07, 6.45) is -14.8. The zero-order chi connectivity index (χ0) is 33.4. The third-order valence-corrected chi connectivity index (χ3v) is 4.08. The van der Waals surface area contributed by atoms with Crippen LogP contribution in [-0.2, 0) is 11.1 Å². The smallest absolute Gasteiger partial charge is 0.119 e. The molecule has 3 rings (SSSR count). The third kappa shape index (κ3) is 4.49. The molecule has 152 valence electrons. The molecule has 2 aromatic rings. The van der Waals surface area contributed by atoms with E-state index in [1.54, 1.807) is 0 Å². The van der Waals surface area contributed by atoms with E-state index in [0.29, 0.717) is 0 Å². The minimum Gasteiger partial charge on any atom is -0.494 e. The van der Waals surface area contributed by atoms with Crippen molar-refractivity contribution < 1.29 is 50.5 Å². The highest BCUT2D eigenvalue weighted by Crippen LogP contribution is 2.34. The molecule has 1 saturated heterocycles. The van der Waals surface area contributed by atoms with Gasteiger partial charge in [0, 0.05) is 11.9 Å². The van der Waals surface area contributed by atoms with Crippen LogP contribution in [0.5, 0.6) is 5.75 Å². The van der Waals surface area contributed by atoms with Gasteiger partial charge in [-0.25, -0.2) is 0 Å². The normalized spacial score (nSPS) is 39.4. The van der Waals surface area contributed by atoms with Crippen LogP contribution in [0.15, 0.2) is 42.3 Å². The molecule has 0 unspecified atom stereocenters. The fourth-order valence-corrected chi connectivity index (χ4v) is 2.55. The number of ether oxygens (including phenoxy) is 2. The average Bonchev–Trinajstić information content (AvgIpc) is 2.89. The topological polar surface area (TPSA) is 99.4 Å². The van der Waals surface area contributed by atoms with Gasteiger partial charge in [0.1, 0.15) is 36.2 Å². The minimum absolute atomic E-state index is 0.951. The molecule has 1 heterocycles. The molecule has 0 amide bonds. The van der Waals surface area contributed by atoms with Gasteiger partial charge in [-0.3, -0.25) is 0 Å². The monoisotopic (exact) mass is 423 g/mol. The lowest BCUT2D eigenvalue weighted by molar-refractivity contribution is -0.231. The zero-order valence-corrected chi connectivity index (χ0v) is 14.8. The lowest BCUT2D eigenvalue weighted by atomic mass is 9.90. The Bertz CT molecular complexity index is 1410. The van der Waals surface area contributed by atoms with Crippen LogP contribution in [0.2, 0.25) is 5.02 Å². The number of aliphatic hydroxyl groups excluding tert-OH is 4. The number of hydrogen-bond acceptors (Lipinski definition) is 6. The molecule has 0 bridgehead atoms. The third-order valence-electron chi connectivity index (χ3n) is 3.80. The second kappa shape index (κ2) is 9.22. The average molecular weight is 424 g/mol. The van der Waals surface area contributed by atoms with Gasteiger partial charge < -0.3 is 29.9 Å². The summed E-state index contributed by atoms with van der Waals surface area (Å²) in [4.78, 5) is 0. The van der Waals surface area contributed by atoms with Gasteiger partial charge in [0.05, 0.1) is 26.9 Å². The second-order valence-electron chi connectivity index (χ2n) is 5.60. The van der Waals surface area contributed by atoms with E-state index in [0.717, 1.165) is 0 Å². The van der Waals surface area contributed by atoms with E-state index in [-0.39, 0.29) is 0 Å². The molecule has 1 fully saturated rings. The van der Waals surface area contributed by atoms with Crippen LogP contribution in [0.4, 0.5) is 0 Å². The number of hydrogen-bond donors (Lipinski definition) is 4. The molecule has 4 N–H and O–H groups in total. The summed E-state index contributed by atoms with van der Waals surface area (Å²) in [6.45, 7) is -7.95. The number of halogens is 1. The molecule has 0 spiro atoms. The molecule has 6 nitrogen and oxygen atoms in total. The van der Waals surface area contributed by atoms with Crippen molar-refractivity contribution in [2.45, 2.75) is 43.7 Å². The Balaban J connectivity index is 2.35. The highest BCUT2D eigenvalue weighted by molar-refractivity contribution is 6.31. The van der Waals surface area contributed by atoms with Gasteiger partial charge in [-0.05, 0) is 48.0 Å². The van der Waals surface area contributed by atoms with E-state index in [2.05, 4.69) is 4.74 Å². The van der Waals surface area contributed by atoms with E-state index < -0.39 is 127 Å². The van der Waals surface area contributed by atoms with E-state index in [1.165, 1.54) is 0 Å². The number of rotatable bonds is 6. The zero-order valence-electron chi connectivity index (χ0n) is 29.0. The highest BCUT2D eigenvalue weighted by atomic mass is 35.5. The van der Waals surface area contributed by atoms with Crippen LogP contribution >= 0.6 is 11.6 Å². The summed E-state index contributed by atoms with van der Waals surface area (Å²) in [7, 11) is 0. The molecule has 28 heavy (non-hydrogen) atoms. The summed E-state index contributed by atoms with van der Waals surface area (Å²) >= 11 is 6.18. The first-order valence-corrected chi connectivity index (χ1v) is 8.20. The molecular formula is C21H25ClO6. The fraction of sp³-hybridized carbons (Fsp3) is 0.429. The molecular weight excluding hydrogens is 384 g/mol. The Labute approximate surface area is 190 Å². The molecule has 1 aliphatic heterocycles. The largest absolute Gasteiger partial charge is 0.494 e. The molecule has 7 heteroatoms. The van der Waals surface area contributed by atoms with Crippen molar-refractivity contribution in [3.05, 3.63) is 64.0 Å². The van der Waals surface area contributed by atoms with Crippen LogP contribution in [0.25, 0.3) is 0 Å². The Kier molecular flexibility index (Phi) is 2.96. The summed E-state index contributed by atoms with van der Waals surface area (Å²) < 4.78 is 132. The molecule has 1 aliphatic rings. The summed E-state index contributed by atoms with van der Waals surface area (Å²) in [5.74, 6) is -1.18. The van der Waals surface area contributed by atoms with Crippen molar-refractivity contribution in [1.29, 1.82) is 0 Å².